The summed E-state index contributed by atoms with van der Waals surface area (Å²) in [4.78, 5) is 22.1. The Morgan fingerprint density at radius 3 is 2.78 bits per heavy atom. The van der Waals surface area contributed by atoms with Crippen molar-refractivity contribution >= 4 is 23.6 Å². The average Bonchev–Trinajstić information content (AvgIpc) is 2.36. The molecule has 0 aliphatic heterocycles. The van der Waals surface area contributed by atoms with Crippen LogP contribution in [0.3, 0.4) is 0 Å². The summed E-state index contributed by atoms with van der Waals surface area (Å²) in [6.45, 7) is 1.97. The van der Waals surface area contributed by atoms with E-state index in [-0.39, 0.29) is 11.2 Å². The van der Waals surface area contributed by atoms with Gasteiger partial charge in [-0.2, -0.15) is 11.8 Å². The van der Waals surface area contributed by atoms with E-state index in [1.165, 1.54) is 7.11 Å². The second kappa shape index (κ2) is 7.06. The van der Waals surface area contributed by atoms with E-state index >= 15 is 0 Å². The maximum Gasteiger partial charge on any atom is 0.306 e. The van der Waals surface area contributed by atoms with Crippen molar-refractivity contribution in [3.8, 4) is 0 Å². The molecule has 1 atom stereocenters. The van der Waals surface area contributed by atoms with Crippen LogP contribution in [0.1, 0.15) is 29.3 Å². The molecule has 0 aliphatic rings. The van der Waals surface area contributed by atoms with Gasteiger partial charge in [0.15, 0.2) is 0 Å². The van der Waals surface area contributed by atoms with Crippen LogP contribution in [-0.2, 0) is 15.3 Å². The van der Waals surface area contributed by atoms with Gasteiger partial charge in [0.2, 0.25) is 5.91 Å². The van der Waals surface area contributed by atoms with Gasteiger partial charge in [-0.1, -0.05) is 19.1 Å². The molecule has 1 aromatic carbocycles. The van der Waals surface area contributed by atoms with E-state index in [1.54, 1.807) is 30.0 Å². The fourth-order valence-electron chi connectivity index (χ4n) is 1.43. The Morgan fingerprint density at radius 2 is 2.17 bits per heavy atom. The third kappa shape index (κ3) is 4.79. The molecule has 5 heteroatoms. The number of methoxy groups -OCH3 is 1. The Morgan fingerprint density at radius 1 is 1.44 bits per heavy atom. The lowest BCUT2D eigenvalue weighted by Gasteiger charge is -2.10. The zero-order valence-corrected chi connectivity index (χ0v) is 11.3. The van der Waals surface area contributed by atoms with Gasteiger partial charge in [-0.05, 0) is 17.7 Å². The molecule has 18 heavy (non-hydrogen) atoms. The van der Waals surface area contributed by atoms with Crippen molar-refractivity contribution in [3.05, 3.63) is 35.4 Å². The average molecular weight is 267 g/mol. The predicted molar refractivity (Wildman–Crippen MR) is 72.3 cm³/mol. The fraction of sp³-hybridized carbons (Fsp3) is 0.385. The van der Waals surface area contributed by atoms with E-state index in [4.69, 9.17) is 5.73 Å². The number of hydrogen-bond acceptors (Lipinski definition) is 4. The van der Waals surface area contributed by atoms with E-state index in [0.717, 1.165) is 11.3 Å². The van der Waals surface area contributed by atoms with Crippen LogP contribution in [0.15, 0.2) is 24.3 Å². The highest BCUT2D eigenvalue weighted by atomic mass is 32.2. The number of thioether (sulfide) groups is 1. The number of ether oxygens (including phenoxy) is 1. The summed E-state index contributed by atoms with van der Waals surface area (Å²) in [7, 11) is 1.38. The van der Waals surface area contributed by atoms with Gasteiger partial charge in [-0.3, -0.25) is 9.59 Å². The van der Waals surface area contributed by atoms with Crippen LogP contribution in [0.2, 0.25) is 0 Å². The third-order valence-electron chi connectivity index (χ3n) is 2.43. The maximum atomic E-state index is 11.1. The van der Waals surface area contributed by atoms with Crippen molar-refractivity contribution in [3.63, 3.8) is 0 Å². The van der Waals surface area contributed by atoms with Gasteiger partial charge >= 0.3 is 5.97 Å². The van der Waals surface area contributed by atoms with Crippen LogP contribution < -0.4 is 5.73 Å². The SMILES string of the molecule is COC(=O)CC(C)SCc1cccc(C(N)=O)c1. The van der Waals surface area contributed by atoms with Crippen molar-refractivity contribution in [2.75, 3.05) is 7.11 Å². The Bertz CT molecular complexity index is 434. The molecule has 2 N–H and O–H groups in total. The summed E-state index contributed by atoms with van der Waals surface area (Å²) in [6, 6.07) is 7.21. The number of carbonyl (C=O) groups excluding carboxylic acids is 2. The molecule has 0 spiro atoms. The number of nitrogens with two attached hydrogens (primary N) is 1. The van der Waals surface area contributed by atoms with Gasteiger partial charge in [0.05, 0.1) is 13.5 Å². The van der Waals surface area contributed by atoms with Gasteiger partial charge in [0.25, 0.3) is 0 Å². The molecule has 0 saturated carbocycles. The largest absolute Gasteiger partial charge is 0.469 e. The molecule has 1 amide bonds. The molecule has 1 rings (SSSR count). The molecule has 0 aliphatic carbocycles. The van der Waals surface area contributed by atoms with Crippen molar-refractivity contribution in [2.45, 2.75) is 24.3 Å². The van der Waals surface area contributed by atoms with E-state index in [1.807, 2.05) is 13.0 Å². The Labute approximate surface area is 111 Å². The lowest BCUT2D eigenvalue weighted by Crippen LogP contribution is -2.11. The number of hydrogen-bond donors (Lipinski definition) is 1. The van der Waals surface area contributed by atoms with Crippen LogP contribution >= 0.6 is 11.8 Å². The molecule has 98 valence electrons. The summed E-state index contributed by atoms with van der Waals surface area (Å²) in [5, 5.41) is 0.176. The highest BCUT2D eigenvalue weighted by Crippen LogP contribution is 2.20. The number of carbonyl (C=O) groups is 2. The first-order valence-corrected chi connectivity index (χ1v) is 6.65. The number of amides is 1. The minimum atomic E-state index is -0.426. The Hall–Kier alpha value is -1.49. The van der Waals surface area contributed by atoms with Crippen LogP contribution in [0.4, 0.5) is 0 Å². The molecule has 0 fully saturated rings. The minimum absolute atomic E-state index is 0.176. The molecule has 4 nitrogen and oxygen atoms in total. The van der Waals surface area contributed by atoms with Crippen LogP contribution in [-0.4, -0.2) is 24.2 Å². The number of esters is 1. The molecule has 1 aromatic rings. The topological polar surface area (TPSA) is 69.4 Å². The lowest BCUT2D eigenvalue weighted by atomic mass is 10.1. The molecular weight excluding hydrogens is 250 g/mol. The van der Waals surface area contributed by atoms with Crippen molar-refractivity contribution in [1.82, 2.24) is 0 Å². The van der Waals surface area contributed by atoms with E-state index in [9.17, 15) is 9.59 Å². The highest BCUT2D eigenvalue weighted by Gasteiger charge is 2.10. The lowest BCUT2D eigenvalue weighted by molar-refractivity contribution is -0.140. The summed E-state index contributed by atoms with van der Waals surface area (Å²) in [6.07, 6.45) is 0.386. The Kier molecular flexibility index (Phi) is 5.71. The summed E-state index contributed by atoms with van der Waals surface area (Å²) in [5.41, 5.74) is 6.74. The van der Waals surface area contributed by atoms with Gasteiger partial charge in [-0.15, -0.1) is 0 Å². The first-order chi connectivity index (χ1) is 8.52. The standard InChI is InChI=1S/C13H17NO3S/c1-9(6-12(15)17-2)18-8-10-4-3-5-11(7-10)13(14)16/h3-5,7,9H,6,8H2,1-2H3,(H2,14,16). The van der Waals surface area contributed by atoms with Crippen molar-refractivity contribution in [1.29, 1.82) is 0 Å². The fourth-order valence-corrected chi connectivity index (χ4v) is 2.34. The zero-order chi connectivity index (χ0) is 13.5. The first-order valence-electron chi connectivity index (χ1n) is 5.60. The summed E-state index contributed by atoms with van der Waals surface area (Å²) in [5.74, 6) is 0.101. The maximum absolute atomic E-state index is 11.1. The van der Waals surface area contributed by atoms with Crippen LogP contribution in [0, 0.1) is 0 Å². The van der Waals surface area contributed by atoms with E-state index < -0.39 is 5.91 Å². The monoisotopic (exact) mass is 267 g/mol. The predicted octanol–water partition coefficient (Wildman–Crippen LogP) is 1.97. The zero-order valence-electron chi connectivity index (χ0n) is 10.5. The molecular formula is C13H17NO3S. The second-order valence-corrected chi connectivity index (χ2v) is 5.39. The highest BCUT2D eigenvalue weighted by molar-refractivity contribution is 7.99. The van der Waals surface area contributed by atoms with Crippen LogP contribution in [0.25, 0.3) is 0 Å². The quantitative estimate of drug-likeness (QED) is 0.800. The number of rotatable bonds is 6. The van der Waals surface area contributed by atoms with Crippen molar-refractivity contribution in [2.24, 2.45) is 5.73 Å². The molecule has 0 aromatic heterocycles. The van der Waals surface area contributed by atoms with Gasteiger partial charge in [0, 0.05) is 16.6 Å². The van der Waals surface area contributed by atoms with Gasteiger partial charge in [0.1, 0.15) is 0 Å². The summed E-state index contributed by atoms with van der Waals surface area (Å²) >= 11 is 1.64. The van der Waals surface area contributed by atoms with E-state index in [2.05, 4.69) is 4.74 Å². The number of benzene rings is 1. The molecule has 0 heterocycles. The third-order valence-corrected chi connectivity index (χ3v) is 3.66. The molecule has 0 radical (unpaired) electrons. The second-order valence-electron chi connectivity index (χ2n) is 3.97. The smallest absolute Gasteiger partial charge is 0.306 e. The van der Waals surface area contributed by atoms with Crippen molar-refractivity contribution < 1.29 is 14.3 Å². The first kappa shape index (κ1) is 14.6. The summed E-state index contributed by atoms with van der Waals surface area (Å²) < 4.78 is 4.61. The van der Waals surface area contributed by atoms with E-state index in [0.29, 0.717) is 12.0 Å². The van der Waals surface area contributed by atoms with Gasteiger partial charge in [-0.25, -0.2) is 0 Å². The molecule has 0 bridgehead atoms. The number of primary amides is 1. The molecule has 1 unspecified atom stereocenters. The van der Waals surface area contributed by atoms with Crippen LogP contribution in [0.5, 0.6) is 0 Å². The normalized spacial score (nSPS) is 11.9. The van der Waals surface area contributed by atoms with Gasteiger partial charge < -0.3 is 10.5 Å². The minimum Gasteiger partial charge on any atom is -0.469 e. The Balaban J connectivity index is 2.50. The molecule has 0 saturated heterocycles.